The fourth-order valence-corrected chi connectivity index (χ4v) is 5.07. The Bertz CT molecular complexity index is 533. The maximum absolute atomic E-state index is 12.8. The summed E-state index contributed by atoms with van der Waals surface area (Å²) in [4.78, 5) is 40.2. The molecular formula is C16H24N4O3. The van der Waals surface area contributed by atoms with Crippen molar-refractivity contribution in [2.24, 2.45) is 11.8 Å². The van der Waals surface area contributed by atoms with Crippen molar-refractivity contribution < 1.29 is 14.4 Å². The molecule has 4 heterocycles. The Morgan fingerprint density at radius 3 is 2.43 bits per heavy atom. The van der Waals surface area contributed by atoms with E-state index in [2.05, 4.69) is 10.6 Å². The first-order chi connectivity index (χ1) is 11.1. The van der Waals surface area contributed by atoms with Gasteiger partial charge in [0.15, 0.2) is 0 Å². The minimum absolute atomic E-state index is 0.0314. The standard InChI is InChI=1S/C16H24N4O3/c1-2-5-19-15(22)11(18-16(19)23)6-14(21)20-12-3-4-13(20)10-8-17-7-9(10)12/h9-13,17H,2-8H2,1H3,(H,18,23)/t9-,10+,11-,12-,13+/m0/s1. The number of urea groups is 1. The summed E-state index contributed by atoms with van der Waals surface area (Å²) in [6.45, 7) is 4.34. The molecule has 5 atom stereocenters. The fourth-order valence-electron chi connectivity index (χ4n) is 5.07. The van der Waals surface area contributed by atoms with Crippen molar-refractivity contribution in [2.75, 3.05) is 19.6 Å². The number of nitrogens with zero attached hydrogens (tertiary/aromatic N) is 2. The molecule has 0 radical (unpaired) electrons. The fraction of sp³-hybridized carbons (Fsp3) is 0.812. The second kappa shape index (κ2) is 5.47. The van der Waals surface area contributed by atoms with Gasteiger partial charge in [-0.15, -0.1) is 0 Å². The molecule has 0 aliphatic carbocycles. The van der Waals surface area contributed by atoms with E-state index in [0.717, 1.165) is 32.4 Å². The summed E-state index contributed by atoms with van der Waals surface area (Å²) in [5.41, 5.74) is 0. The maximum Gasteiger partial charge on any atom is 0.324 e. The highest BCUT2D eigenvalue weighted by Crippen LogP contribution is 2.47. The van der Waals surface area contributed by atoms with Crippen molar-refractivity contribution in [2.45, 2.75) is 50.7 Å². The Labute approximate surface area is 135 Å². The third-order valence-electron chi connectivity index (χ3n) is 5.99. The van der Waals surface area contributed by atoms with Crippen molar-refractivity contribution in [3.8, 4) is 0 Å². The topological polar surface area (TPSA) is 81.8 Å². The van der Waals surface area contributed by atoms with Gasteiger partial charge in [-0.25, -0.2) is 4.79 Å². The second-order valence-electron chi connectivity index (χ2n) is 7.20. The van der Waals surface area contributed by atoms with E-state index in [0.29, 0.717) is 30.5 Å². The molecule has 0 aromatic heterocycles. The summed E-state index contributed by atoms with van der Waals surface area (Å²) in [6, 6.07) is -0.391. The van der Waals surface area contributed by atoms with Crippen LogP contribution in [0.4, 0.5) is 4.79 Å². The number of rotatable bonds is 4. The summed E-state index contributed by atoms with van der Waals surface area (Å²) in [6.07, 6.45) is 2.98. The van der Waals surface area contributed by atoms with Crippen LogP contribution in [0.25, 0.3) is 0 Å². The molecule has 0 spiro atoms. The highest BCUT2D eigenvalue weighted by molar-refractivity contribution is 6.05. The summed E-state index contributed by atoms with van der Waals surface area (Å²) in [5.74, 6) is 0.925. The van der Waals surface area contributed by atoms with Gasteiger partial charge in [0, 0.05) is 31.7 Å². The SMILES string of the molecule is CCCN1C(=O)N[C@@H](CC(=O)N2[C@@H]3CC[C@H]2[C@H]2CNC[C@H]23)C1=O. The molecular weight excluding hydrogens is 296 g/mol. The maximum atomic E-state index is 12.8. The van der Waals surface area contributed by atoms with Crippen molar-refractivity contribution in [3.05, 3.63) is 0 Å². The third kappa shape index (κ3) is 2.16. The molecule has 0 unspecified atom stereocenters. The number of carbonyl (C=O) groups excluding carboxylic acids is 3. The largest absolute Gasteiger partial charge is 0.336 e. The minimum atomic E-state index is -0.681. The Kier molecular flexibility index (Phi) is 3.55. The van der Waals surface area contributed by atoms with Gasteiger partial charge in [-0.2, -0.15) is 0 Å². The molecule has 4 amide bonds. The average Bonchev–Trinajstić information content (AvgIpc) is 3.24. The van der Waals surface area contributed by atoms with Crippen LogP contribution in [0.2, 0.25) is 0 Å². The summed E-state index contributed by atoms with van der Waals surface area (Å²) < 4.78 is 0. The van der Waals surface area contributed by atoms with Crippen LogP contribution in [0.1, 0.15) is 32.6 Å². The van der Waals surface area contributed by atoms with Gasteiger partial charge in [-0.05, 0) is 31.1 Å². The van der Waals surface area contributed by atoms with Gasteiger partial charge in [0.05, 0.1) is 6.42 Å². The number of nitrogens with one attached hydrogen (secondary N) is 2. The van der Waals surface area contributed by atoms with Crippen LogP contribution in [0.5, 0.6) is 0 Å². The van der Waals surface area contributed by atoms with E-state index < -0.39 is 6.04 Å². The molecule has 0 saturated carbocycles. The lowest BCUT2D eigenvalue weighted by molar-refractivity contribution is -0.137. The first-order valence-corrected chi connectivity index (χ1v) is 8.75. The van der Waals surface area contributed by atoms with E-state index in [1.807, 2.05) is 11.8 Å². The predicted octanol–water partition coefficient (Wildman–Crippen LogP) is -0.0843. The van der Waals surface area contributed by atoms with Crippen LogP contribution < -0.4 is 10.6 Å². The third-order valence-corrected chi connectivity index (χ3v) is 5.99. The van der Waals surface area contributed by atoms with Gasteiger partial charge >= 0.3 is 6.03 Å². The van der Waals surface area contributed by atoms with Crippen molar-refractivity contribution in [1.29, 1.82) is 0 Å². The molecule has 4 fully saturated rings. The number of carbonyl (C=O) groups is 3. The summed E-state index contributed by atoms with van der Waals surface area (Å²) >= 11 is 0. The van der Waals surface area contributed by atoms with Crippen LogP contribution in [0, 0.1) is 11.8 Å². The zero-order chi connectivity index (χ0) is 16.1. The van der Waals surface area contributed by atoms with Crippen molar-refractivity contribution in [1.82, 2.24) is 20.4 Å². The average molecular weight is 320 g/mol. The highest BCUT2D eigenvalue weighted by atomic mass is 16.2. The monoisotopic (exact) mass is 320 g/mol. The molecule has 0 aromatic carbocycles. The molecule has 23 heavy (non-hydrogen) atoms. The lowest BCUT2D eigenvalue weighted by atomic mass is 9.82. The van der Waals surface area contributed by atoms with E-state index in [1.54, 1.807) is 0 Å². The van der Waals surface area contributed by atoms with E-state index in [4.69, 9.17) is 0 Å². The molecule has 2 bridgehead atoms. The molecule has 4 aliphatic rings. The molecule has 4 aliphatic heterocycles. The normalized spacial score (nSPS) is 38.4. The molecule has 2 N–H and O–H groups in total. The van der Waals surface area contributed by atoms with Crippen molar-refractivity contribution >= 4 is 17.8 Å². The van der Waals surface area contributed by atoms with Crippen LogP contribution in [0.15, 0.2) is 0 Å². The number of hydrogen-bond acceptors (Lipinski definition) is 4. The Morgan fingerprint density at radius 2 is 1.83 bits per heavy atom. The van der Waals surface area contributed by atoms with E-state index in [1.165, 1.54) is 4.90 Å². The second-order valence-corrected chi connectivity index (χ2v) is 7.20. The van der Waals surface area contributed by atoms with Gasteiger partial charge < -0.3 is 15.5 Å². The van der Waals surface area contributed by atoms with Gasteiger partial charge in [0.2, 0.25) is 5.91 Å². The van der Waals surface area contributed by atoms with Gasteiger partial charge in [0.25, 0.3) is 5.91 Å². The summed E-state index contributed by atoms with van der Waals surface area (Å²) in [7, 11) is 0. The molecule has 4 rings (SSSR count). The van der Waals surface area contributed by atoms with Gasteiger partial charge in [0.1, 0.15) is 6.04 Å². The van der Waals surface area contributed by atoms with Crippen LogP contribution in [-0.2, 0) is 9.59 Å². The number of amides is 4. The Hall–Kier alpha value is -1.63. The lowest BCUT2D eigenvalue weighted by Crippen LogP contribution is -2.43. The van der Waals surface area contributed by atoms with Crippen molar-refractivity contribution in [3.63, 3.8) is 0 Å². The van der Waals surface area contributed by atoms with Gasteiger partial charge in [-0.3, -0.25) is 14.5 Å². The van der Waals surface area contributed by atoms with E-state index in [9.17, 15) is 14.4 Å². The number of hydrogen-bond donors (Lipinski definition) is 2. The Balaban J connectivity index is 1.43. The molecule has 126 valence electrons. The van der Waals surface area contributed by atoms with E-state index in [-0.39, 0.29) is 24.3 Å². The molecule has 0 aromatic rings. The molecule has 7 heteroatoms. The number of fused-ring (bicyclic) bond motifs is 5. The first kappa shape index (κ1) is 14.9. The molecule has 7 nitrogen and oxygen atoms in total. The van der Waals surface area contributed by atoms with Crippen LogP contribution in [0.3, 0.4) is 0 Å². The Morgan fingerprint density at radius 1 is 1.17 bits per heavy atom. The highest BCUT2D eigenvalue weighted by Gasteiger charge is 2.56. The smallest absolute Gasteiger partial charge is 0.324 e. The lowest BCUT2D eigenvalue weighted by Gasteiger charge is -2.25. The van der Waals surface area contributed by atoms with Gasteiger partial charge in [-0.1, -0.05) is 6.92 Å². The zero-order valence-electron chi connectivity index (χ0n) is 13.5. The quantitative estimate of drug-likeness (QED) is 0.710. The zero-order valence-corrected chi connectivity index (χ0v) is 13.5. The minimum Gasteiger partial charge on any atom is -0.336 e. The van der Waals surface area contributed by atoms with E-state index >= 15 is 0 Å². The summed E-state index contributed by atoms with van der Waals surface area (Å²) in [5, 5.41) is 6.11. The first-order valence-electron chi connectivity index (χ1n) is 8.75. The van der Waals surface area contributed by atoms with Crippen LogP contribution >= 0.6 is 0 Å². The van der Waals surface area contributed by atoms with Crippen LogP contribution in [-0.4, -0.2) is 65.4 Å². The number of imide groups is 1. The molecule has 4 saturated heterocycles. The predicted molar refractivity (Wildman–Crippen MR) is 82.4 cm³/mol.